The van der Waals surface area contributed by atoms with Crippen LogP contribution in [-0.2, 0) is 16.6 Å². The molecule has 0 radical (unpaired) electrons. The summed E-state index contributed by atoms with van der Waals surface area (Å²) in [4.78, 5) is 0. The Kier molecular flexibility index (Phi) is 7.01. The lowest BCUT2D eigenvalue weighted by molar-refractivity contribution is 0.363. The monoisotopic (exact) mass is 297 g/mol. The van der Waals surface area contributed by atoms with Gasteiger partial charge in [0, 0.05) is 25.2 Å². The van der Waals surface area contributed by atoms with Crippen molar-refractivity contribution in [1.82, 2.24) is 10.0 Å². The van der Waals surface area contributed by atoms with Gasteiger partial charge in [-0.15, -0.1) is 0 Å². The zero-order chi connectivity index (χ0) is 14.8. The molecule has 20 heavy (non-hydrogen) atoms. The topological polar surface area (TPSA) is 91.2 Å². The molecule has 0 aromatic heterocycles. The molecule has 0 atom stereocenters. The van der Waals surface area contributed by atoms with Gasteiger partial charge in [0.15, 0.2) is 6.61 Å². The molecular weight excluding hydrogens is 278 g/mol. The van der Waals surface area contributed by atoms with Gasteiger partial charge in [0.2, 0.25) is 10.0 Å². The molecule has 2 N–H and O–H groups in total. The van der Waals surface area contributed by atoms with E-state index in [1.54, 1.807) is 13.0 Å². The van der Waals surface area contributed by atoms with E-state index >= 15 is 0 Å². The Hall–Kier alpha value is -1.62. The van der Waals surface area contributed by atoms with E-state index in [4.69, 9.17) is 10.00 Å². The number of sulfonamides is 1. The quantitative estimate of drug-likeness (QED) is 0.652. The van der Waals surface area contributed by atoms with Crippen molar-refractivity contribution in [2.24, 2.45) is 0 Å². The number of para-hydroxylation sites is 1. The van der Waals surface area contributed by atoms with E-state index in [1.807, 2.05) is 24.3 Å². The largest absolute Gasteiger partial charge is 0.478 e. The first-order valence-electron chi connectivity index (χ1n) is 6.34. The van der Waals surface area contributed by atoms with Crippen LogP contribution in [0.2, 0.25) is 0 Å². The highest BCUT2D eigenvalue weighted by atomic mass is 32.2. The molecule has 0 fully saturated rings. The number of rotatable bonds is 9. The smallest absolute Gasteiger partial charge is 0.212 e. The first kappa shape index (κ1) is 16.4. The van der Waals surface area contributed by atoms with Crippen molar-refractivity contribution in [2.75, 3.05) is 25.4 Å². The van der Waals surface area contributed by atoms with Crippen LogP contribution >= 0.6 is 0 Å². The average Bonchev–Trinajstić information content (AvgIpc) is 2.42. The van der Waals surface area contributed by atoms with Gasteiger partial charge in [0.1, 0.15) is 11.8 Å². The average molecular weight is 297 g/mol. The van der Waals surface area contributed by atoms with Crippen molar-refractivity contribution in [3.8, 4) is 11.8 Å². The fourth-order valence-electron chi connectivity index (χ4n) is 1.62. The Labute approximate surface area is 119 Å². The lowest BCUT2D eigenvalue weighted by atomic mass is 10.2. The van der Waals surface area contributed by atoms with Crippen molar-refractivity contribution in [1.29, 1.82) is 5.26 Å². The SMILES string of the molecule is CCNS(=O)(=O)CCNCc1ccccc1OCC#N. The van der Waals surface area contributed by atoms with E-state index in [0.717, 1.165) is 5.56 Å². The molecular formula is C13H19N3O3S. The highest BCUT2D eigenvalue weighted by molar-refractivity contribution is 7.89. The second kappa shape index (κ2) is 8.53. The van der Waals surface area contributed by atoms with Crippen LogP contribution in [0.1, 0.15) is 12.5 Å². The molecule has 110 valence electrons. The van der Waals surface area contributed by atoms with Gasteiger partial charge in [-0.25, -0.2) is 13.1 Å². The van der Waals surface area contributed by atoms with Crippen molar-refractivity contribution < 1.29 is 13.2 Å². The van der Waals surface area contributed by atoms with Crippen LogP contribution in [-0.4, -0.2) is 33.9 Å². The van der Waals surface area contributed by atoms with Gasteiger partial charge >= 0.3 is 0 Å². The van der Waals surface area contributed by atoms with Crippen LogP contribution in [0.25, 0.3) is 0 Å². The lowest BCUT2D eigenvalue weighted by Crippen LogP contribution is -2.31. The van der Waals surface area contributed by atoms with E-state index in [2.05, 4.69) is 10.0 Å². The van der Waals surface area contributed by atoms with E-state index in [1.165, 1.54) is 0 Å². The summed E-state index contributed by atoms with van der Waals surface area (Å²) >= 11 is 0. The van der Waals surface area contributed by atoms with Crippen LogP contribution in [0.15, 0.2) is 24.3 Å². The minimum Gasteiger partial charge on any atom is -0.478 e. The van der Waals surface area contributed by atoms with Gasteiger partial charge < -0.3 is 10.1 Å². The van der Waals surface area contributed by atoms with Crippen molar-refractivity contribution in [3.63, 3.8) is 0 Å². The summed E-state index contributed by atoms with van der Waals surface area (Å²) < 4.78 is 30.6. The Balaban J connectivity index is 2.44. The van der Waals surface area contributed by atoms with Gasteiger partial charge in [-0.05, 0) is 6.07 Å². The second-order valence-corrected chi connectivity index (χ2v) is 5.97. The van der Waals surface area contributed by atoms with E-state index < -0.39 is 10.0 Å². The fraction of sp³-hybridized carbons (Fsp3) is 0.462. The predicted octanol–water partition coefficient (Wildman–Crippen LogP) is 0.618. The van der Waals surface area contributed by atoms with E-state index in [0.29, 0.717) is 25.4 Å². The molecule has 1 aromatic carbocycles. The molecule has 0 amide bonds. The van der Waals surface area contributed by atoms with Crippen LogP contribution < -0.4 is 14.8 Å². The third-order valence-corrected chi connectivity index (χ3v) is 3.96. The van der Waals surface area contributed by atoms with Gasteiger partial charge in [0.25, 0.3) is 0 Å². The minimum absolute atomic E-state index is 0.00812. The molecule has 0 unspecified atom stereocenters. The molecule has 1 rings (SSSR count). The molecule has 0 saturated carbocycles. The number of ether oxygens (including phenoxy) is 1. The summed E-state index contributed by atoms with van der Waals surface area (Å²) in [7, 11) is -3.20. The first-order chi connectivity index (χ1) is 9.59. The van der Waals surface area contributed by atoms with Gasteiger partial charge in [0.05, 0.1) is 5.75 Å². The van der Waals surface area contributed by atoms with Crippen LogP contribution in [0, 0.1) is 11.3 Å². The van der Waals surface area contributed by atoms with Crippen molar-refractivity contribution in [3.05, 3.63) is 29.8 Å². The number of nitriles is 1. The van der Waals surface area contributed by atoms with Crippen LogP contribution in [0.3, 0.4) is 0 Å². The Bertz CT molecular complexity index is 552. The zero-order valence-electron chi connectivity index (χ0n) is 11.4. The molecule has 1 aromatic rings. The first-order valence-corrected chi connectivity index (χ1v) is 8.00. The third-order valence-electron chi connectivity index (χ3n) is 2.49. The molecule has 0 bridgehead atoms. The van der Waals surface area contributed by atoms with Crippen molar-refractivity contribution in [2.45, 2.75) is 13.5 Å². The normalized spacial score (nSPS) is 11.0. The van der Waals surface area contributed by atoms with Crippen LogP contribution in [0.4, 0.5) is 0 Å². The maximum absolute atomic E-state index is 11.4. The Morgan fingerprint density at radius 3 is 2.80 bits per heavy atom. The molecule has 0 spiro atoms. The van der Waals surface area contributed by atoms with Gasteiger partial charge in [-0.2, -0.15) is 5.26 Å². The molecule has 0 aliphatic heterocycles. The predicted molar refractivity (Wildman–Crippen MR) is 76.7 cm³/mol. The molecule has 7 heteroatoms. The van der Waals surface area contributed by atoms with Gasteiger partial charge in [-0.3, -0.25) is 0 Å². The fourth-order valence-corrected chi connectivity index (χ4v) is 2.62. The molecule has 0 heterocycles. The number of nitrogens with zero attached hydrogens (tertiary/aromatic N) is 1. The summed E-state index contributed by atoms with van der Waals surface area (Å²) in [6.07, 6.45) is 0. The number of nitrogens with one attached hydrogen (secondary N) is 2. The Morgan fingerprint density at radius 1 is 1.35 bits per heavy atom. The summed E-state index contributed by atoms with van der Waals surface area (Å²) in [5.41, 5.74) is 0.892. The standard InChI is InChI=1S/C13H19N3O3S/c1-2-16-20(17,18)10-8-15-11-12-5-3-4-6-13(12)19-9-7-14/h3-6,15-16H,2,8-11H2,1H3. The molecule has 6 nitrogen and oxygen atoms in total. The molecule has 0 aliphatic rings. The number of hydrogen-bond acceptors (Lipinski definition) is 5. The number of benzene rings is 1. The third kappa shape index (κ3) is 6.02. The summed E-state index contributed by atoms with van der Waals surface area (Å²) in [6.45, 7) is 2.97. The number of hydrogen-bond donors (Lipinski definition) is 2. The maximum atomic E-state index is 11.4. The van der Waals surface area contributed by atoms with Crippen LogP contribution in [0.5, 0.6) is 5.75 Å². The summed E-state index contributed by atoms with van der Waals surface area (Å²) in [6, 6.07) is 9.26. The molecule has 0 saturated heterocycles. The highest BCUT2D eigenvalue weighted by Gasteiger charge is 2.08. The molecule has 0 aliphatic carbocycles. The van der Waals surface area contributed by atoms with Gasteiger partial charge in [-0.1, -0.05) is 25.1 Å². The van der Waals surface area contributed by atoms with Crippen molar-refractivity contribution >= 4 is 10.0 Å². The second-order valence-electron chi connectivity index (χ2n) is 4.05. The Morgan fingerprint density at radius 2 is 2.10 bits per heavy atom. The summed E-state index contributed by atoms with van der Waals surface area (Å²) in [5, 5.41) is 11.6. The minimum atomic E-state index is -3.20. The zero-order valence-corrected chi connectivity index (χ0v) is 12.2. The summed E-state index contributed by atoms with van der Waals surface area (Å²) in [5.74, 6) is 0.665. The van der Waals surface area contributed by atoms with E-state index in [-0.39, 0.29) is 12.4 Å². The lowest BCUT2D eigenvalue weighted by Gasteiger charge is -2.10. The highest BCUT2D eigenvalue weighted by Crippen LogP contribution is 2.17. The van der Waals surface area contributed by atoms with E-state index in [9.17, 15) is 8.42 Å². The maximum Gasteiger partial charge on any atom is 0.212 e.